The highest BCUT2D eigenvalue weighted by atomic mass is 16.5. The van der Waals surface area contributed by atoms with E-state index in [0.29, 0.717) is 19.3 Å². The number of allylic oxidation sites excluding steroid dienone is 8. The summed E-state index contributed by atoms with van der Waals surface area (Å²) in [7, 11) is 0. The summed E-state index contributed by atoms with van der Waals surface area (Å²) in [5.74, 6) is -0.524. The lowest BCUT2D eigenvalue weighted by Gasteiger charge is -2.24. The molecule has 0 aliphatic heterocycles. The fourth-order valence-corrected chi connectivity index (χ4v) is 6.26. The number of carbonyl (C=O) groups is 2. The maximum atomic E-state index is 13.1. The largest absolute Gasteiger partial charge is 0.462 e. The van der Waals surface area contributed by atoms with Crippen molar-refractivity contribution in [2.24, 2.45) is 0 Å². The number of aliphatic hydroxyl groups is 2. The van der Waals surface area contributed by atoms with Crippen molar-refractivity contribution in [2.45, 2.75) is 219 Å². The van der Waals surface area contributed by atoms with Gasteiger partial charge in [-0.05, 0) is 44.9 Å². The zero-order valence-electron chi connectivity index (χ0n) is 33.5. The molecular formula is C45H81NO5. The minimum atomic E-state index is -0.790. The average molecular weight is 716 g/mol. The Labute approximate surface area is 315 Å². The predicted molar refractivity (Wildman–Crippen MR) is 218 cm³/mol. The second-order valence-electron chi connectivity index (χ2n) is 14.5. The monoisotopic (exact) mass is 716 g/mol. The van der Waals surface area contributed by atoms with Crippen LogP contribution in [-0.4, -0.2) is 46.9 Å². The zero-order valence-corrected chi connectivity index (χ0v) is 33.5. The number of ether oxygens (including phenoxy) is 1. The van der Waals surface area contributed by atoms with Crippen LogP contribution in [0.3, 0.4) is 0 Å². The number of amides is 1. The highest BCUT2D eigenvalue weighted by Crippen LogP contribution is 2.17. The van der Waals surface area contributed by atoms with Gasteiger partial charge < -0.3 is 20.3 Å². The molecule has 51 heavy (non-hydrogen) atoms. The highest BCUT2D eigenvalue weighted by molar-refractivity contribution is 5.77. The Kier molecular flexibility index (Phi) is 37.4. The quantitative estimate of drug-likeness (QED) is 0.0338. The topological polar surface area (TPSA) is 95.9 Å². The molecule has 6 nitrogen and oxygen atoms in total. The van der Waals surface area contributed by atoms with E-state index in [1.807, 2.05) is 30.4 Å². The van der Waals surface area contributed by atoms with Gasteiger partial charge in [-0.15, -0.1) is 0 Å². The number of hydrogen-bond donors (Lipinski definition) is 3. The smallest absolute Gasteiger partial charge is 0.306 e. The van der Waals surface area contributed by atoms with Crippen LogP contribution in [0.15, 0.2) is 48.6 Å². The lowest BCUT2D eigenvalue weighted by Crippen LogP contribution is -2.46. The van der Waals surface area contributed by atoms with Crippen molar-refractivity contribution >= 4 is 11.9 Å². The lowest BCUT2D eigenvalue weighted by atomic mass is 10.0. The summed E-state index contributed by atoms with van der Waals surface area (Å²) < 4.78 is 5.86. The second-order valence-corrected chi connectivity index (χ2v) is 14.5. The van der Waals surface area contributed by atoms with Gasteiger partial charge >= 0.3 is 5.97 Å². The van der Waals surface area contributed by atoms with E-state index in [0.717, 1.165) is 70.6 Å². The summed E-state index contributed by atoms with van der Waals surface area (Å²) >= 11 is 0. The van der Waals surface area contributed by atoms with E-state index in [9.17, 15) is 19.8 Å². The molecule has 0 spiro atoms. The van der Waals surface area contributed by atoms with Gasteiger partial charge in [-0.25, -0.2) is 0 Å². The molecule has 0 saturated heterocycles. The summed E-state index contributed by atoms with van der Waals surface area (Å²) in [6.07, 6.45) is 44.6. The first-order valence-electron chi connectivity index (χ1n) is 21.4. The van der Waals surface area contributed by atoms with Crippen molar-refractivity contribution in [1.29, 1.82) is 0 Å². The molecule has 0 rings (SSSR count). The molecule has 0 saturated carbocycles. The van der Waals surface area contributed by atoms with Gasteiger partial charge in [0.15, 0.2) is 0 Å². The number of aliphatic hydroxyl groups excluding tert-OH is 2. The fraction of sp³-hybridized carbons (Fsp3) is 0.778. The third-order valence-corrected chi connectivity index (χ3v) is 9.52. The summed E-state index contributed by atoms with van der Waals surface area (Å²) in [5, 5.41) is 23.5. The molecule has 0 radical (unpaired) electrons. The van der Waals surface area contributed by atoms with Crippen LogP contribution >= 0.6 is 0 Å². The van der Waals surface area contributed by atoms with Gasteiger partial charge in [-0.3, -0.25) is 9.59 Å². The number of esters is 1. The summed E-state index contributed by atoms with van der Waals surface area (Å²) in [4.78, 5) is 25.8. The summed E-state index contributed by atoms with van der Waals surface area (Å²) in [5.41, 5.74) is 0. The minimum absolute atomic E-state index is 0.0621. The normalized spacial score (nSPS) is 13.9. The molecule has 0 aromatic heterocycles. The number of unbranched alkanes of at least 4 members (excludes halogenated alkanes) is 20. The first-order valence-corrected chi connectivity index (χ1v) is 21.4. The molecule has 0 bridgehead atoms. The first-order chi connectivity index (χ1) is 25.0. The van der Waals surface area contributed by atoms with E-state index in [1.54, 1.807) is 0 Å². The molecule has 0 aromatic carbocycles. The van der Waals surface area contributed by atoms with Gasteiger partial charge in [0, 0.05) is 6.42 Å². The zero-order chi connectivity index (χ0) is 37.5. The number of hydrogen-bond acceptors (Lipinski definition) is 5. The molecule has 3 atom stereocenters. The van der Waals surface area contributed by atoms with Crippen LogP contribution < -0.4 is 5.32 Å². The van der Waals surface area contributed by atoms with E-state index in [1.165, 1.54) is 83.5 Å². The van der Waals surface area contributed by atoms with Crippen LogP contribution in [0.1, 0.15) is 201 Å². The van der Waals surface area contributed by atoms with Crippen molar-refractivity contribution in [2.75, 3.05) is 6.61 Å². The number of rotatable bonds is 37. The van der Waals surface area contributed by atoms with Crippen molar-refractivity contribution in [3.63, 3.8) is 0 Å². The highest BCUT2D eigenvalue weighted by Gasteiger charge is 2.24. The third kappa shape index (κ3) is 34.7. The van der Waals surface area contributed by atoms with Crippen molar-refractivity contribution < 1.29 is 24.5 Å². The fourth-order valence-electron chi connectivity index (χ4n) is 6.26. The molecule has 0 aliphatic carbocycles. The van der Waals surface area contributed by atoms with Crippen molar-refractivity contribution in [3.8, 4) is 0 Å². The van der Waals surface area contributed by atoms with Gasteiger partial charge in [-0.2, -0.15) is 0 Å². The Morgan fingerprint density at radius 1 is 0.588 bits per heavy atom. The Hall–Kier alpha value is -2.18. The number of nitrogens with one attached hydrogen (secondary N) is 1. The molecule has 6 heteroatoms. The molecule has 3 N–H and O–H groups in total. The van der Waals surface area contributed by atoms with Gasteiger partial charge in [0.2, 0.25) is 5.91 Å². The Morgan fingerprint density at radius 2 is 1.06 bits per heavy atom. The summed E-state index contributed by atoms with van der Waals surface area (Å²) in [6.45, 7) is 6.28. The van der Waals surface area contributed by atoms with Crippen LogP contribution in [0.2, 0.25) is 0 Å². The van der Waals surface area contributed by atoms with E-state index >= 15 is 0 Å². The van der Waals surface area contributed by atoms with E-state index in [-0.39, 0.29) is 24.9 Å². The van der Waals surface area contributed by atoms with Crippen LogP contribution in [-0.2, 0) is 14.3 Å². The third-order valence-electron chi connectivity index (χ3n) is 9.52. The Bertz CT molecular complexity index is 895. The first kappa shape index (κ1) is 48.8. The molecular weight excluding hydrogens is 634 g/mol. The Morgan fingerprint density at radius 3 is 1.59 bits per heavy atom. The van der Waals surface area contributed by atoms with Gasteiger partial charge in [0.25, 0.3) is 0 Å². The maximum absolute atomic E-state index is 13.1. The molecule has 0 fully saturated rings. The van der Waals surface area contributed by atoms with E-state index in [2.05, 4.69) is 44.3 Å². The maximum Gasteiger partial charge on any atom is 0.306 e. The van der Waals surface area contributed by atoms with Crippen LogP contribution in [0, 0.1) is 0 Å². The SMILES string of the molecule is CC/C=C/C=C/C=C\C=C/CCCCCC(=O)OC(CCCCCCCCCCC)CC(=O)NC(CO)C(O)CCCCCCCCCCCC. The second kappa shape index (κ2) is 39.0. The van der Waals surface area contributed by atoms with Crippen molar-refractivity contribution in [3.05, 3.63) is 48.6 Å². The average Bonchev–Trinajstić information content (AvgIpc) is 3.12. The van der Waals surface area contributed by atoms with Gasteiger partial charge in [0.1, 0.15) is 6.10 Å². The molecule has 1 amide bonds. The standard InChI is InChI=1S/C45H81NO5/c1-4-7-10-13-16-19-21-22-23-26-29-32-35-38-45(50)51-41(36-33-30-27-24-18-15-12-9-6-3)39-44(49)46-42(40-47)43(48)37-34-31-28-25-20-17-14-11-8-5-2/h7,10,13,16,19,21-23,41-43,47-48H,4-6,8-9,11-12,14-15,17-18,20,24-40H2,1-3H3,(H,46,49)/b10-7+,16-13+,21-19-,23-22-. The molecule has 0 heterocycles. The lowest BCUT2D eigenvalue weighted by molar-refractivity contribution is -0.151. The van der Waals surface area contributed by atoms with Crippen LogP contribution in [0.4, 0.5) is 0 Å². The van der Waals surface area contributed by atoms with E-state index in [4.69, 9.17) is 4.74 Å². The van der Waals surface area contributed by atoms with Crippen LogP contribution in [0.5, 0.6) is 0 Å². The number of carbonyl (C=O) groups excluding carboxylic acids is 2. The molecule has 296 valence electrons. The molecule has 0 aliphatic rings. The van der Waals surface area contributed by atoms with Crippen LogP contribution in [0.25, 0.3) is 0 Å². The molecule has 3 unspecified atom stereocenters. The predicted octanol–water partition coefficient (Wildman–Crippen LogP) is 11.9. The summed E-state index contributed by atoms with van der Waals surface area (Å²) in [6, 6.07) is -0.705. The van der Waals surface area contributed by atoms with Gasteiger partial charge in [0.05, 0.1) is 25.2 Å². The van der Waals surface area contributed by atoms with Crippen molar-refractivity contribution in [1.82, 2.24) is 5.32 Å². The van der Waals surface area contributed by atoms with Gasteiger partial charge in [-0.1, -0.05) is 191 Å². The minimum Gasteiger partial charge on any atom is -0.462 e. The Balaban J connectivity index is 4.63. The molecule has 0 aromatic rings. The van der Waals surface area contributed by atoms with E-state index < -0.39 is 18.2 Å².